The summed E-state index contributed by atoms with van der Waals surface area (Å²) in [6.07, 6.45) is 3.49. The van der Waals surface area contributed by atoms with Crippen molar-refractivity contribution in [2.75, 3.05) is 12.4 Å². The number of aryl methyl sites for hydroxylation is 2. The van der Waals surface area contributed by atoms with Gasteiger partial charge in [-0.1, -0.05) is 49.6 Å². The molecule has 0 unspecified atom stereocenters. The Morgan fingerprint density at radius 2 is 1.77 bits per heavy atom. The zero-order valence-corrected chi connectivity index (χ0v) is 18.2. The zero-order chi connectivity index (χ0) is 22.4. The number of hydrogen-bond acceptors (Lipinski definition) is 4. The van der Waals surface area contributed by atoms with Crippen molar-refractivity contribution in [3.05, 3.63) is 71.3 Å². The highest BCUT2D eigenvalue weighted by Crippen LogP contribution is 2.42. The molecule has 0 aliphatic rings. The molecule has 1 amide bonds. The molecule has 0 radical (unpaired) electrons. The number of phenols is 2. The van der Waals surface area contributed by atoms with Crippen LogP contribution in [0.1, 0.15) is 47.7 Å². The SMILES string of the molecule is CCCCCc1cc(O)c(-c2cccc(C)c2)c(O)c1C(=O)Nc1ccc(OC)cc1. The summed E-state index contributed by atoms with van der Waals surface area (Å²) in [5.74, 6) is 0.0363. The second-order valence-electron chi connectivity index (χ2n) is 7.66. The molecular weight excluding hydrogens is 390 g/mol. The first-order valence-corrected chi connectivity index (χ1v) is 10.5. The molecule has 3 aromatic rings. The molecule has 162 valence electrons. The van der Waals surface area contributed by atoms with Gasteiger partial charge in [-0.25, -0.2) is 0 Å². The quantitative estimate of drug-likeness (QED) is 0.387. The first kappa shape index (κ1) is 22.2. The van der Waals surface area contributed by atoms with Crippen LogP contribution in [0.25, 0.3) is 11.1 Å². The van der Waals surface area contributed by atoms with E-state index < -0.39 is 5.91 Å². The predicted octanol–water partition coefficient (Wildman–Crippen LogP) is 6.07. The van der Waals surface area contributed by atoms with Gasteiger partial charge in [0.2, 0.25) is 0 Å². The van der Waals surface area contributed by atoms with Crippen molar-refractivity contribution in [2.45, 2.75) is 39.5 Å². The third kappa shape index (κ3) is 5.18. The molecule has 5 heteroatoms. The second-order valence-corrected chi connectivity index (χ2v) is 7.66. The number of carbonyl (C=O) groups excluding carboxylic acids is 1. The van der Waals surface area contributed by atoms with Crippen molar-refractivity contribution in [1.82, 2.24) is 0 Å². The van der Waals surface area contributed by atoms with Gasteiger partial charge < -0.3 is 20.3 Å². The van der Waals surface area contributed by atoms with Crippen LogP contribution in [0.2, 0.25) is 0 Å². The molecule has 0 atom stereocenters. The Morgan fingerprint density at radius 1 is 1.03 bits per heavy atom. The third-order valence-electron chi connectivity index (χ3n) is 5.29. The van der Waals surface area contributed by atoms with Crippen molar-refractivity contribution < 1.29 is 19.7 Å². The Hall–Kier alpha value is -3.47. The molecule has 0 spiro atoms. The minimum Gasteiger partial charge on any atom is -0.507 e. The van der Waals surface area contributed by atoms with Crippen LogP contribution in [-0.4, -0.2) is 23.2 Å². The summed E-state index contributed by atoms with van der Waals surface area (Å²) in [6.45, 7) is 4.04. The van der Waals surface area contributed by atoms with Crippen molar-refractivity contribution in [3.8, 4) is 28.4 Å². The lowest BCUT2D eigenvalue weighted by Gasteiger charge is -2.17. The maximum atomic E-state index is 13.2. The summed E-state index contributed by atoms with van der Waals surface area (Å²) in [4.78, 5) is 13.2. The normalized spacial score (nSPS) is 10.7. The average molecular weight is 420 g/mol. The highest BCUT2D eigenvalue weighted by atomic mass is 16.5. The highest BCUT2D eigenvalue weighted by molar-refractivity contribution is 6.09. The van der Waals surface area contributed by atoms with Crippen LogP contribution < -0.4 is 10.1 Å². The molecule has 3 N–H and O–H groups in total. The van der Waals surface area contributed by atoms with Crippen LogP contribution >= 0.6 is 0 Å². The lowest BCUT2D eigenvalue weighted by Crippen LogP contribution is -2.15. The fourth-order valence-electron chi connectivity index (χ4n) is 3.68. The number of anilines is 1. The fourth-order valence-corrected chi connectivity index (χ4v) is 3.68. The number of amides is 1. The predicted molar refractivity (Wildman–Crippen MR) is 124 cm³/mol. The molecule has 5 nitrogen and oxygen atoms in total. The van der Waals surface area contributed by atoms with E-state index in [1.807, 2.05) is 31.2 Å². The summed E-state index contributed by atoms with van der Waals surface area (Å²) in [5.41, 5.74) is 3.34. The zero-order valence-electron chi connectivity index (χ0n) is 18.2. The first-order chi connectivity index (χ1) is 14.9. The number of ether oxygens (including phenoxy) is 1. The lowest BCUT2D eigenvalue weighted by molar-refractivity contribution is 0.102. The Bertz CT molecular complexity index is 1060. The van der Waals surface area contributed by atoms with Crippen molar-refractivity contribution in [2.24, 2.45) is 0 Å². The van der Waals surface area contributed by atoms with E-state index in [0.717, 1.165) is 24.8 Å². The summed E-state index contributed by atoms with van der Waals surface area (Å²) in [6, 6.07) is 16.1. The number of hydrogen-bond donors (Lipinski definition) is 3. The minimum absolute atomic E-state index is 0.0319. The maximum absolute atomic E-state index is 13.2. The number of unbranched alkanes of at least 4 members (excludes halogenated alkanes) is 2. The average Bonchev–Trinajstić information content (AvgIpc) is 2.74. The van der Waals surface area contributed by atoms with Crippen LogP contribution in [0.5, 0.6) is 17.2 Å². The largest absolute Gasteiger partial charge is 0.507 e. The van der Waals surface area contributed by atoms with Crippen molar-refractivity contribution in [1.29, 1.82) is 0 Å². The van der Waals surface area contributed by atoms with Crippen LogP contribution in [-0.2, 0) is 6.42 Å². The molecule has 0 saturated carbocycles. The van der Waals surface area contributed by atoms with Gasteiger partial charge in [-0.05, 0) is 61.2 Å². The maximum Gasteiger partial charge on any atom is 0.259 e. The minimum atomic E-state index is -0.414. The van der Waals surface area contributed by atoms with Crippen LogP contribution in [0, 0.1) is 6.92 Å². The van der Waals surface area contributed by atoms with E-state index in [-0.39, 0.29) is 22.6 Å². The summed E-state index contributed by atoms with van der Waals surface area (Å²) >= 11 is 0. The number of methoxy groups -OCH3 is 1. The number of aromatic hydroxyl groups is 2. The van der Waals surface area contributed by atoms with Crippen LogP contribution in [0.3, 0.4) is 0 Å². The molecule has 0 fully saturated rings. The molecular formula is C26H29NO4. The number of phenolic OH excluding ortho intramolecular Hbond substituents is 2. The van der Waals surface area contributed by atoms with E-state index >= 15 is 0 Å². The molecule has 0 aliphatic heterocycles. The van der Waals surface area contributed by atoms with Crippen molar-refractivity contribution >= 4 is 11.6 Å². The summed E-state index contributed by atoms with van der Waals surface area (Å²) < 4.78 is 5.16. The van der Waals surface area contributed by atoms with E-state index in [4.69, 9.17) is 4.74 Å². The Morgan fingerprint density at radius 3 is 2.42 bits per heavy atom. The summed E-state index contributed by atoms with van der Waals surface area (Å²) in [5, 5.41) is 24.7. The monoisotopic (exact) mass is 419 g/mol. The number of carbonyl (C=O) groups is 1. The molecule has 3 aromatic carbocycles. The number of rotatable bonds is 8. The van der Waals surface area contributed by atoms with Gasteiger partial charge in [-0.15, -0.1) is 0 Å². The molecule has 0 aliphatic carbocycles. The molecule has 0 aromatic heterocycles. The molecule has 31 heavy (non-hydrogen) atoms. The number of benzene rings is 3. The van der Waals surface area contributed by atoms with E-state index in [1.54, 1.807) is 37.4 Å². The number of nitrogens with one attached hydrogen (secondary N) is 1. The molecule has 0 saturated heterocycles. The van der Waals surface area contributed by atoms with Gasteiger partial charge in [0, 0.05) is 5.69 Å². The van der Waals surface area contributed by atoms with Crippen LogP contribution in [0.4, 0.5) is 5.69 Å². The Kier molecular flexibility index (Phi) is 7.19. The van der Waals surface area contributed by atoms with Gasteiger partial charge in [0.15, 0.2) is 0 Å². The van der Waals surface area contributed by atoms with Gasteiger partial charge in [-0.2, -0.15) is 0 Å². The second kappa shape index (κ2) is 10.0. The summed E-state index contributed by atoms with van der Waals surface area (Å²) in [7, 11) is 1.58. The van der Waals surface area contributed by atoms with E-state index in [1.165, 1.54) is 0 Å². The lowest BCUT2D eigenvalue weighted by atomic mass is 9.92. The van der Waals surface area contributed by atoms with E-state index in [9.17, 15) is 15.0 Å². The van der Waals surface area contributed by atoms with Gasteiger partial charge in [0.1, 0.15) is 17.2 Å². The molecule has 0 bridgehead atoms. The van der Waals surface area contributed by atoms with E-state index in [0.29, 0.717) is 29.0 Å². The van der Waals surface area contributed by atoms with Crippen molar-refractivity contribution in [3.63, 3.8) is 0 Å². The molecule has 0 heterocycles. The van der Waals surface area contributed by atoms with Crippen LogP contribution in [0.15, 0.2) is 54.6 Å². The topological polar surface area (TPSA) is 78.8 Å². The van der Waals surface area contributed by atoms with E-state index in [2.05, 4.69) is 12.2 Å². The standard InChI is InChI=1S/C26H29NO4/c1-4-5-6-9-19-16-22(28)23(18-10-7-8-17(2)15-18)25(29)24(19)26(30)27-20-11-13-21(31-3)14-12-20/h7-8,10-16,28-29H,4-6,9H2,1-3H3,(H,27,30). The Labute approximate surface area is 183 Å². The third-order valence-corrected chi connectivity index (χ3v) is 5.29. The highest BCUT2D eigenvalue weighted by Gasteiger charge is 2.24. The molecule has 3 rings (SSSR count). The fraction of sp³-hybridized carbons (Fsp3) is 0.269. The first-order valence-electron chi connectivity index (χ1n) is 10.5. The van der Waals surface area contributed by atoms with Gasteiger partial charge in [-0.3, -0.25) is 4.79 Å². The van der Waals surface area contributed by atoms with Gasteiger partial charge in [0.05, 0.1) is 18.2 Å². The Balaban J connectivity index is 2.05. The van der Waals surface area contributed by atoms with Gasteiger partial charge >= 0.3 is 0 Å². The van der Waals surface area contributed by atoms with Gasteiger partial charge in [0.25, 0.3) is 5.91 Å². The smallest absolute Gasteiger partial charge is 0.259 e.